The van der Waals surface area contributed by atoms with Crippen LogP contribution in [-0.4, -0.2) is 36.5 Å². The lowest BCUT2D eigenvalue weighted by atomic mass is 10.1. The molecule has 112 valence electrons. The minimum atomic E-state index is -3.88. The van der Waals surface area contributed by atoms with Gasteiger partial charge in [0.1, 0.15) is 10.6 Å². The number of nitrogens with one attached hydrogen (secondary N) is 1. The molecule has 1 amide bonds. The number of carboxylic acids is 1. The van der Waals surface area contributed by atoms with Crippen LogP contribution in [0.15, 0.2) is 17.2 Å². The Morgan fingerprint density at radius 1 is 1.50 bits per heavy atom. The Morgan fingerprint density at radius 3 is 2.50 bits per heavy atom. The molecule has 4 N–H and O–H groups in total. The van der Waals surface area contributed by atoms with E-state index in [4.69, 9.17) is 10.8 Å². The average Bonchev–Trinajstić information content (AvgIpc) is 2.72. The zero-order chi connectivity index (χ0) is 15.5. The first-order chi connectivity index (χ1) is 9.19. The van der Waals surface area contributed by atoms with Crippen LogP contribution in [0.4, 0.5) is 0 Å². The number of carbonyl (C=O) groups excluding carboxylic acids is 1. The molecule has 0 aliphatic rings. The van der Waals surface area contributed by atoms with E-state index in [1.54, 1.807) is 6.92 Å². The van der Waals surface area contributed by atoms with Crippen LogP contribution < -0.4 is 10.5 Å². The molecule has 0 saturated carbocycles. The lowest BCUT2D eigenvalue weighted by molar-refractivity contribution is -0.141. The second-order valence-corrected chi connectivity index (χ2v) is 6.10. The highest BCUT2D eigenvalue weighted by Gasteiger charge is 2.22. The van der Waals surface area contributed by atoms with Gasteiger partial charge in [0.05, 0.1) is 5.92 Å². The molecule has 0 aliphatic heterocycles. The lowest BCUT2D eigenvalue weighted by Gasteiger charge is -2.10. The van der Waals surface area contributed by atoms with Gasteiger partial charge in [0.15, 0.2) is 0 Å². The summed E-state index contributed by atoms with van der Waals surface area (Å²) < 4.78 is 27.5. The molecule has 20 heavy (non-hydrogen) atoms. The highest BCUT2D eigenvalue weighted by Crippen LogP contribution is 2.13. The SMILES string of the molecule is CCC(CNS(=O)(=O)c1cc(C(N)=O)n(C)c1)C(=O)O. The molecular weight excluding hydrogens is 286 g/mol. The van der Waals surface area contributed by atoms with Crippen molar-refractivity contribution in [3.05, 3.63) is 18.0 Å². The summed E-state index contributed by atoms with van der Waals surface area (Å²) in [6.45, 7) is 1.44. The molecule has 1 unspecified atom stereocenters. The van der Waals surface area contributed by atoms with Crippen LogP contribution in [0.1, 0.15) is 23.8 Å². The third-order valence-electron chi connectivity index (χ3n) is 2.90. The fraction of sp³-hybridized carbons (Fsp3) is 0.455. The van der Waals surface area contributed by atoms with Gasteiger partial charge in [-0.25, -0.2) is 13.1 Å². The number of aliphatic carboxylic acids is 1. The van der Waals surface area contributed by atoms with Gasteiger partial charge >= 0.3 is 5.97 Å². The van der Waals surface area contributed by atoms with Crippen molar-refractivity contribution in [2.24, 2.45) is 18.7 Å². The predicted molar refractivity (Wildman–Crippen MR) is 70.5 cm³/mol. The summed E-state index contributed by atoms with van der Waals surface area (Å²) in [6, 6.07) is 1.15. The summed E-state index contributed by atoms with van der Waals surface area (Å²) in [5.74, 6) is -2.61. The summed E-state index contributed by atoms with van der Waals surface area (Å²) >= 11 is 0. The van der Waals surface area contributed by atoms with E-state index in [0.29, 0.717) is 6.42 Å². The van der Waals surface area contributed by atoms with Crippen LogP contribution in [0.3, 0.4) is 0 Å². The van der Waals surface area contributed by atoms with Crippen molar-refractivity contribution in [1.29, 1.82) is 0 Å². The van der Waals surface area contributed by atoms with Crippen LogP contribution >= 0.6 is 0 Å². The standard InChI is InChI=1S/C11H17N3O5S/c1-3-7(11(16)17)5-13-20(18,19)8-4-9(10(12)15)14(2)6-8/h4,6-7,13H,3,5H2,1-2H3,(H2,12,15)(H,16,17). The van der Waals surface area contributed by atoms with Gasteiger partial charge in [-0.1, -0.05) is 6.92 Å². The number of aromatic nitrogens is 1. The van der Waals surface area contributed by atoms with Gasteiger partial charge in [0.25, 0.3) is 5.91 Å². The van der Waals surface area contributed by atoms with E-state index >= 15 is 0 Å². The van der Waals surface area contributed by atoms with Crippen molar-refractivity contribution in [2.45, 2.75) is 18.2 Å². The molecule has 1 aromatic heterocycles. The Labute approximate surface area is 116 Å². The highest BCUT2D eigenvalue weighted by molar-refractivity contribution is 7.89. The molecular formula is C11H17N3O5S. The summed E-state index contributed by atoms with van der Waals surface area (Å²) in [6.07, 6.45) is 1.54. The van der Waals surface area contributed by atoms with E-state index < -0.39 is 27.8 Å². The third-order valence-corrected chi connectivity index (χ3v) is 4.29. The zero-order valence-corrected chi connectivity index (χ0v) is 12.0. The number of aryl methyl sites for hydroxylation is 1. The Bertz CT molecular complexity index is 620. The smallest absolute Gasteiger partial charge is 0.307 e. The Kier molecular flexibility index (Phi) is 4.90. The highest BCUT2D eigenvalue weighted by atomic mass is 32.2. The molecule has 0 spiro atoms. The number of primary amides is 1. The average molecular weight is 303 g/mol. The van der Waals surface area contributed by atoms with Crippen LogP contribution in [0.2, 0.25) is 0 Å². The normalized spacial score (nSPS) is 13.1. The molecule has 1 rings (SSSR count). The largest absolute Gasteiger partial charge is 0.481 e. The molecule has 0 aliphatic carbocycles. The molecule has 0 aromatic carbocycles. The molecule has 0 bridgehead atoms. The van der Waals surface area contributed by atoms with Crippen LogP contribution in [0.25, 0.3) is 0 Å². The van der Waals surface area contributed by atoms with E-state index in [0.717, 1.165) is 6.07 Å². The van der Waals surface area contributed by atoms with Crippen LogP contribution in [0.5, 0.6) is 0 Å². The lowest BCUT2D eigenvalue weighted by Crippen LogP contribution is -2.32. The third kappa shape index (κ3) is 3.58. The van der Waals surface area contributed by atoms with Gasteiger partial charge < -0.3 is 15.4 Å². The van der Waals surface area contributed by atoms with Gasteiger partial charge in [-0.2, -0.15) is 0 Å². The molecule has 1 heterocycles. The van der Waals surface area contributed by atoms with E-state index in [-0.39, 0.29) is 17.1 Å². The minimum absolute atomic E-state index is 0.0515. The monoisotopic (exact) mass is 303 g/mol. The number of carboxylic acid groups (broad SMARTS) is 1. The molecule has 1 aromatic rings. The quantitative estimate of drug-likeness (QED) is 0.625. The van der Waals surface area contributed by atoms with Crippen molar-refractivity contribution >= 4 is 21.9 Å². The maximum Gasteiger partial charge on any atom is 0.307 e. The van der Waals surface area contributed by atoms with E-state index in [2.05, 4.69) is 4.72 Å². The number of nitrogens with two attached hydrogens (primary N) is 1. The zero-order valence-electron chi connectivity index (χ0n) is 11.2. The van der Waals surface area contributed by atoms with E-state index in [9.17, 15) is 18.0 Å². The van der Waals surface area contributed by atoms with Crippen molar-refractivity contribution in [3.8, 4) is 0 Å². The van der Waals surface area contributed by atoms with E-state index in [1.165, 1.54) is 17.8 Å². The predicted octanol–water partition coefficient (Wildman–Crippen LogP) is -0.487. The summed E-state index contributed by atoms with van der Waals surface area (Å²) in [5, 5.41) is 8.86. The Hall–Kier alpha value is -1.87. The molecule has 0 radical (unpaired) electrons. The first-order valence-corrected chi connectivity index (χ1v) is 7.36. The number of hydrogen-bond donors (Lipinski definition) is 3. The Balaban J connectivity index is 2.92. The first-order valence-electron chi connectivity index (χ1n) is 5.87. The molecule has 9 heteroatoms. The van der Waals surface area contributed by atoms with Crippen molar-refractivity contribution in [2.75, 3.05) is 6.54 Å². The maximum atomic E-state index is 12.0. The number of rotatable bonds is 7. The number of nitrogens with zero attached hydrogens (tertiary/aromatic N) is 1. The van der Waals surface area contributed by atoms with Gasteiger partial charge in [-0.05, 0) is 12.5 Å². The number of carbonyl (C=O) groups is 2. The van der Waals surface area contributed by atoms with Crippen molar-refractivity contribution in [1.82, 2.24) is 9.29 Å². The fourth-order valence-corrected chi connectivity index (χ4v) is 2.78. The molecule has 8 nitrogen and oxygen atoms in total. The van der Waals surface area contributed by atoms with Crippen molar-refractivity contribution in [3.63, 3.8) is 0 Å². The van der Waals surface area contributed by atoms with Crippen molar-refractivity contribution < 1.29 is 23.1 Å². The second-order valence-electron chi connectivity index (χ2n) is 4.33. The summed E-state index contributed by atoms with van der Waals surface area (Å²) in [7, 11) is -2.38. The molecule has 1 atom stereocenters. The molecule has 0 saturated heterocycles. The van der Waals surface area contributed by atoms with E-state index in [1.807, 2.05) is 0 Å². The van der Waals surface area contributed by atoms with Crippen LogP contribution in [-0.2, 0) is 21.9 Å². The fourth-order valence-electron chi connectivity index (χ4n) is 1.63. The number of hydrogen-bond acceptors (Lipinski definition) is 4. The minimum Gasteiger partial charge on any atom is -0.481 e. The van der Waals surface area contributed by atoms with Gasteiger partial charge in [0.2, 0.25) is 10.0 Å². The summed E-state index contributed by atoms with van der Waals surface area (Å²) in [5.41, 5.74) is 5.15. The number of sulfonamides is 1. The first kappa shape index (κ1) is 16.2. The van der Waals surface area contributed by atoms with Gasteiger partial charge in [0, 0.05) is 19.8 Å². The second kappa shape index (κ2) is 6.06. The maximum absolute atomic E-state index is 12.0. The summed E-state index contributed by atoms with van der Waals surface area (Å²) in [4.78, 5) is 21.8. The number of amides is 1. The Morgan fingerprint density at radius 2 is 2.10 bits per heavy atom. The van der Waals surface area contributed by atoms with Crippen LogP contribution in [0, 0.1) is 5.92 Å². The van der Waals surface area contributed by atoms with Gasteiger partial charge in [-0.15, -0.1) is 0 Å². The molecule has 0 fully saturated rings. The van der Waals surface area contributed by atoms with Gasteiger partial charge in [-0.3, -0.25) is 9.59 Å². The topological polar surface area (TPSA) is 131 Å².